The predicted octanol–water partition coefficient (Wildman–Crippen LogP) is 11.7. The first-order valence-electron chi connectivity index (χ1n) is 19.7. The third-order valence-electron chi connectivity index (χ3n) is 9.82. The number of carboxylic acids is 1. The molecule has 0 aromatic heterocycles. The Bertz CT molecular complexity index is 1980. The first-order chi connectivity index (χ1) is 25.7. The zero-order chi connectivity index (χ0) is 45.5. The minimum absolute atomic E-state index is 0.161. The van der Waals surface area contributed by atoms with E-state index in [0.717, 1.165) is 22.3 Å². The number of rotatable bonds is 7. The second-order valence-corrected chi connectivity index (χ2v) is 25.4. The van der Waals surface area contributed by atoms with Crippen LogP contribution < -0.4 is 4.74 Å². The zero-order valence-electron chi connectivity index (χ0n) is 38.4. The number of hydrogen-bond acceptors (Lipinski definition) is 6. The monoisotopic (exact) mass is 868 g/mol. The van der Waals surface area contributed by atoms with Gasteiger partial charge in [0.25, 0.3) is 0 Å². The molecule has 0 aliphatic rings. The molecule has 0 spiro atoms. The molecule has 3 aromatic rings. The molecule has 0 unspecified atom stereocenters. The molecule has 58 heavy (non-hydrogen) atoms. The summed E-state index contributed by atoms with van der Waals surface area (Å²) in [6.07, 6.45) is -3.40. The summed E-state index contributed by atoms with van der Waals surface area (Å²) in [5.74, 6) is -0.669. The number of benzene rings is 3. The maximum absolute atomic E-state index is 13.6. The fourth-order valence-electron chi connectivity index (χ4n) is 6.79. The van der Waals surface area contributed by atoms with Crippen molar-refractivity contribution in [1.29, 1.82) is 0 Å². The summed E-state index contributed by atoms with van der Waals surface area (Å²) in [7, 11) is 0. The molecule has 0 saturated heterocycles. The number of aromatic carboxylic acids is 1. The molecule has 3 aromatic carbocycles. The van der Waals surface area contributed by atoms with E-state index in [9.17, 15) is 39.3 Å². The van der Waals surface area contributed by atoms with Crippen LogP contribution in [0, 0.1) is 0 Å². The molecule has 0 bridgehead atoms. The van der Waals surface area contributed by atoms with Crippen LogP contribution in [0.25, 0.3) is 0 Å². The van der Waals surface area contributed by atoms with Gasteiger partial charge in [0.1, 0.15) is 11.5 Å². The van der Waals surface area contributed by atoms with E-state index in [2.05, 4.69) is 20.8 Å². The summed E-state index contributed by atoms with van der Waals surface area (Å²) in [5.41, 5.74) is 4.55. The molecule has 0 fully saturated rings. The Morgan fingerprint density at radius 3 is 1.26 bits per heavy atom. The van der Waals surface area contributed by atoms with Crippen LogP contribution in [0.2, 0.25) is 0 Å². The van der Waals surface area contributed by atoms with Gasteiger partial charge in [-0.1, -0.05) is 83.1 Å². The van der Waals surface area contributed by atoms with Crippen LogP contribution in [-0.4, -0.2) is 37.0 Å². The van der Waals surface area contributed by atoms with Crippen molar-refractivity contribution in [3.63, 3.8) is 0 Å². The van der Waals surface area contributed by atoms with E-state index in [1.165, 1.54) is 0 Å². The molecule has 0 atom stereocenters. The molecule has 11 heteroatoms. The zero-order valence-corrected chi connectivity index (χ0v) is 40.3. The molecule has 9 nitrogen and oxygen atoms in total. The van der Waals surface area contributed by atoms with Crippen molar-refractivity contribution in [2.24, 2.45) is 0 Å². The van der Waals surface area contributed by atoms with Crippen molar-refractivity contribution in [2.75, 3.05) is 0 Å². The van der Waals surface area contributed by atoms with Crippen molar-refractivity contribution in [2.45, 2.75) is 176 Å². The quantitative estimate of drug-likeness (QED) is 0.0673. The summed E-state index contributed by atoms with van der Waals surface area (Å²) in [5, 5.41) is 31.9. The van der Waals surface area contributed by atoms with Crippen molar-refractivity contribution < 1.29 is 58.0 Å². The maximum atomic E-state index is 13.6. The van der Waals surface area contributed by atoms with E-state index < -0.39 is 40.0 Å². The second kappa shape index (κ2) is 17.4. The van der Waals surface area contributed by atoms with E-state index in [4.69, 9.17) is 4.74 Å². The van der Waals surface area contributed by atoms with Gasteiger partial charge in [-0.25, -0.2) is 9.59 Å². The molecule has 0 amide bonds. The summed E-state index contributed by atoms with van der Waals surface area (Å²) in [6, 6.07) is 8.51. The number of phenolic OH excluding ortho intramolecular Hbond substituents is 2. The van der Waals surface area contributed by atoms with Crippen molar-refractivity contribution in [3.05, 3.63) is 86.0 Å². The second-order valence-electron chi connectivity index (χ2n) is 21.3. The van der Waals surface area contributed by atoms with Crippen molar-refractivity contribution >= 4 is 18.3 Å². The molecule has 0 radical (unpaired) electrons. The van der Waals surface area contributed by atoms with Gasteiger partial charge in [-0.15, -0.1) is 0 Å². The normalized spacial score (nSPS) is 13.3. The number of esters is 1. The summed E-state index contributed by atoms with van der Waals surface area (Å²) in [6.45, 7) is 38.0. The van der Waals surface area contributed by atoms with Crippen LogP contribution in [0.5, 0.6) is 17.2 Å². The topological polar surface area (TPSA) is 162 Å². The number of phenols is 2. The average molecular weight is 870 g/mol. The van der Waals surface area contributed by atoms with E-state index in [-0.39, 0.29) is 27.5 Å². The van der Waals surface area contributed by atoms with Crippen LogP contribution in [-0.2, 0) is 62.9 Å². The van der Waals surface area contributed by atoms with E-state index in [1.807, 2.05) is 117 Å². The minimum atomic E-state index is -4.11. The van der Waals surface area contributed by atoms with Gasteiger partial charge in [0.2, 0.25) is 0 Å². The average Bonchev–Trinajstić information content (AvgIpc) is 3.00. The predicted molar refractivity (Wildman–Crippen MR) is 232 cm³/mol. The van der Waals surface area contributed by atoms with Gasteiger partial charge >= 0.3 is 157 Å². The molecule has 0 saturated carbocycles. The Labute approximate surface area is 354 Å². The fraction of sp³-hybridized carbons (Fsp3) is 0.574. The summed E-state index contributed by atoms with van der Waals surface area (Å²) >= 11 is 0.442. The van der Waals surface area contributed by atoms with E-state index in [0.29, 0.717) is 59.7 Å². The van der Waals surface area contributed by atoms with Gasteiger partial charge in [-0.2, -0.15) is 0 Å². The first kappa shape index (κ1) is 51.0. The molecule has 5 N–H and O–H groups in total. The van der Waals surface area contributed by atoms with E-state index in [1.54, 1.807) is 24.3 Å². The number of aromatic hydroxyl groups is 2. The van der Waals surface area contributed by atoms with E-state index >= 15 is 0 Å². The molecular formula is C47H71NiO9P. The van der Waals surface area contributed by atoms with Gasteiger partial charge in [-0.05, 0) is 45.9 Å². The number of hydrogen-bond donors (Lipinski definition) is 5. The Morgan fingerprint density at radius 2 is 0.948 bits per heavy atom. The number of carbonyl (C=O) groups excluding carboxylic acids is 1. The molecule has 328 valence electrons. The van der Waals surface area contributed by atoms with Gasteiger partial charge in [0.15, 0.2) is 0 Å². The molecular weight excluding hydrogens is 798 g/mol. The van der Waals surface area contributed by atoms with Gasteiger partial charge in [0, 0.05) is 22.3 Å². The summed E-state index contributed by atoms with van der Waals surface area (Å²) in [4.78, 5) is 43.9. The number of carbonyl (C=O) groups is 2. The molecule has 0 aliphatic carbocycles. The third-order valence-corrected chi connectivity index (χ3v) is 12.2. The van der Waals surface area contributed by atoms with Crippen LogP contribution in [0.3, 0.4) is 0 Å². The Kier molecular flexibility index (Phi) is 15.3. The van der Waals surface area contributed by atoms with Crippen LogP contribution >= 0.6 is 6.37 Å². The van der Waals surface area contributed by atoms with Gasteiger partial charge < -0.3 is 14.9 Å². The standard InChI is InChI=1S/C30H42O5.C17H27O.Ni.HO3P/c1-27(2,3)19-15-18(16-20(23(19)31)28(4,5)6)26(34)35-24-21(29(7,8)9)13-17(25(32)33)14-22(24)30(10,11)12;1-9-12-11(2)10-13(16(3,4)5)15(18)14(12)17(6,7)8;;1-4(2)3/h13-16,31H,1-12H3,(H,32,33);10,18H,2,9H2,1,3-8H3;;(H-,1,2,3)/q;;-1;/p+1. The van der Waals surface area contributed by atoms with Gasteiger partial charge in [0.05, 0.1) is 11.1 Å². The van der Waals surface area contributed by atoms with Crippen LogP contribution in [0.1, 0.15) is 197 Å². The van der Waals surface area contributed by atoms with Crippen molar-refractivity contribution in [1.82, 2.24) is 0 Å². The molecule has 3 rings (SSSR count). The molecule has 0 heterocycles. The Balaban J connectivity index is 0.000000437. The molecule has 0 aliphatic heterocycles. The third kappa shape index (κ3) is 12.9. The summed E-state index contributed by atoms with van der Waals surface area (Å²) < 4.78 is 17.4. The van der Waals surface area contributed by atoms with Crippen LogP contribution in [0.4, 0.5) is 0 Å². The van der Waals surface area contributed by atoms with Gasteiger partial charge in [-0.3, -0.25) is 0 Å². The van der Waals surface area contributed by atoms with Crippen LogP contribution in [0.15, 0.2) is 30.3 Å². The SMILES string of the molecule is CC(C)(C)c1cc(C(=O)Oc2c(C(C)(C)C)cc(C(=O)O)cc2C(C)(C)C)cc(C(C)(C)C)c1O.CCc1c([CH2][Ni][P](=O)(O)O)cc(C(C)(C)C)c(O)c1C(C)(C)C. The van der Waals surface area contributed by atoms with Crippen molar-refractivity contribution in [3.8, 4) is 17.2 Å². The number of carboxylic acid groups (broad SMARTS) is 1. The number of ether oxygens (including phenoxy) is 1. The first-order valence-corrected chi connectivity index (χ1v) is 23.2. The fourth-order valence-corrected chi connectivity index (χ4v) is 8.46. The Hall–Kier alpha value is -3.16. The Morgan fingerprint density at radius 1 is 0.586 bits per heavy atom.